The molecule has 0 saturated carbocycles. The molecule has 0 aliphatic carbocycles. The lowest BCUT2D eigenvalue weighted by atomic mass is 10.1. The molecule has 1 heterocycles. The molecule has 0 N–H and O–H groups in total. The largest absolute Gasteiger partial charge is 0.494 e. The van der Waals surface area contributed by atoms with Crippen LogP contribution in [0.15, 0.2) is 59.1 Å². The summed E-state index contributed by atoms with van der Waals surface area (Å²) in [6.07, 6.45) is 1.78. The van der Waals surface area contributed by atoms with Gasteiger partial charge in [0.2, 0.25) is 0 Å². The van der Waals surface area contributed by atoms with Crippen molar-refractivity contribution in [3.05, 3.63) is 72.0 Å². The molecule has 0 radical (unpaired) electrons. The van der Waals surface area contributed by atoms with Crippen LogP contribution in [0.1, 0.15) is 29.6 Å². The minimum Gasteiger partial charge on any atom is -0.494 e. The van der Waals surface area contributed by atoms with Crippen molar-refractivity contribution in [2.45, 2.75) is 19.8 Å². The van der Waals surface area contributed by atoms with Gasteiger partial charge in [-0.2, -0.15) is 0 Å². The number of Topliss-reactive ketones (excluding diaryl/α,β-unsaturated/α-hetero) is 1. The number of esters is 1. The molecule has 0 aliphatic rings. The molecule has 0 bridgehead atoms. The summed E-state index contributed by atoms with van der Waals surface area (Å²) in [4.78, 5) is 28.1. The van der Waals surface area contributed by atoms with E-state index in [-0.39, 0.29) is 31.0 Å². The molecule has 0 spiro atoms. The Labute approximate surface area is 167 Å². The highest BCUT2D eigenvalue weighted by atomic mass is 19.1. The monoisotopic (exact) mass is 397 g/mol. The second-order valence-corrected chi connectivity index (χ2v) is 6.17. The third-order valence-corrected chi connectivity index (χ3v) is 4.08. The molecule has 150 valence electrons. The molecule has 3 aromatic rings. The van der Waals surface area contributed by atoms with Gasteiger partial charge in [0.15, 0.2) is 24.0 Å². The normalized spacial score (nSPS) is 10.6. The summed E-state index contributed by atoms with van der Waals surface area (Å²) in [5.41, 5.74) is 1.13. The molecule has 7 heteroatoms. The highest BCUT2D eigenvalue weighted by Crippen LogP contribution is 2.21. The van der Waals surface area contributed by atoms with Gasteiger partial charge in [-0.1, -0.05) is 0 Å². The zero-order valence-corrected chi connectivity index (χ0v) is 15.9. The predicted molar refractivity (Wildman–Crippen MR) is 103 cm³/mol. The van der Waals surface area contributed by atoms with Gasteiger partial charge in [-0.25, -0.2) is 9.37 Å². The zero-order chi connectivity index (χ0) is 20.6. The first-order chi connectivity index (χ1) is 14.0. The van der Waals surface area contributed by atoms with Gasteiger partial charge < -0.3 is 13.9 Å². The van der Waals surface area contributed by atoms with Crippen molar-refractivity contribution < 1.29 is 27.9 Å². The Balaban J connectivity index is 1.45. The maximum atomic E-state index is 13.0. The van der Waals surface area contributed by atoms with Crippen LogP contribution >= 0.6 is 0 Å². The highest BCUT2D eigenvalue weighted by Gasteiger charge is 2.13. The Morgan fingerprint density at radius 2 is 1.79 bits per heavy atom. The number of carbonyl (C=O) groups excluding carboxylic acids is 2. The number of hydrogen-bond acceptors (Lipinski definition) is 6. The van der Waals surface area contributed by atoms with E-state index in [1.165, 1.54) is 18.3 Å². The summed E-state index contributed by atoms with van der Waals surface area (Å²) in [5, 5.41) is 0. The number of ketones is 1. The van der Waals surface area contributed by atoms with E-state index in [4.69, 9.17) is 13.9 Å². The van der Waals surface area contributed by atoms with E-state index in [0.29, 0.717) is 35.1 Å². The third-order valence-electron chi connectivity index (χ3n) is 4.08. The highest BCUT2D eigenvalue weighted by molar-refractivity contribution is 5.98. The second kappa shape index (κ2) is 9.64. The molecule has 2 aromatic carbocycles. The summed E-state index contributed by atoms with van der Waals surface area (Å²) in [6, 6.07) is 12.5. The van der Waals surface area contributed by atoms with Crippen molar-refractivity contribution in [2.75, 3.05) is 13.2 Å². The van der Waals surface area contributed by atoms with Crippen LogP contribution in [0, 0.1) is 5.82 Å². The number of hydrogen-bond donors (Lipinski definition) is 0. The predicted octanol–water partition coefficient (Wildman–Crippen LogP) is 4.24. The maximum Gasteiger partial charge on any atom is 0.306 e. The van der Waals surface area contributed by atoms with Crippen LogP contribution < -0.4 is 4.74 Å². The van der Waals surface area contributed by atoms with Gasteiger partial charge in [-0.05, 0) is 55.5 Å². The number of aromatic nitrogens is 1. The first-order valence-electron chi connectivity index (χ1n) is 9.17. The van der Waals surface area contributed by atoms with Crippen LogP contribution in [0.5, 0.6) is 5.75 Å². The molecule has 0 aliphatic heterocycles. The van der Waals surface area contributed by atoms with Gasteiger partial charge in [0, 0.05) is 17.5 Å². The number of halogens is 1. The second-order valence-electron chi connectivity index (χ2n) is 6.17. The number of carbonyl (C=O) groups is 2. The van der Waals surface area contributed by atoms with Gasteiger partial charge in [0.25, 0.3) is 0 Å². The van der Waals surface area contributed by atoms with Crippen molar-refractivity contribution in [3.63, 3.8) is 0 Å². The van der Waals surface area contributed by atoms with Crippen molar-refractivity contribution in [1.82, 2.24) is 4.98 Å². The molecule has 1 aromatic heterocycles. The first kappa shape index (κ1) is 20.3. The standard InChI is InChI=1S/C22H20FNO5/c1-2-27-18-9-5-15(6-10-18)19(25)14-28-22(26)12-11-21-24-13-20(29-21)16-3-7-17(23)8-4-16/h3-10,13H,2,11-12,14H2,1H3. The van der Waals surface area contributed by atoms with E-state index >= 15 is 0 Å². The molecule has 0 atom stereocenters. The lowest BCUT2D eigenvalue weighted by Crippen LogP contribution is -2.14. The average molecular weight is 397 g/mol. The Morgan fingerprint density at radius 1 is 1.07 bits per heavy atom. The Hall–Kier alpha value is -3.48. The van der Waals surface area contributed by atoms with Crippen LogP contribution in [0.25, 0.3) is 11.3 Å². The molecule has 0 saturated heterocycles. The summed E-state index contributed by atoms with van der Waals surface area (Å²) >= 11 is 0. The van der Waals surface area contributed by atoms with E-state index < -0.39 is 5.97 Å². The number of benzene rings is 2. The van der Waals surface area contributed by atoms with Crippen molar-refractivity contribution in [1.29, 1.82) is 0 Å². The Kier molecular flexibility index (Phi) is 6.73. The number of oxazole rings is 1. The third kappa shape index (κ3) is 5.75. The van der Waals surface area contributed by atoms with Crippen LogP contribution in [-0.2, 0) is 16.0 Å². The van der Waals surface area contributed by atoms with Crippen LogP contribution in [0.3, 0.4) is 0 Å². The molecule has 6 nitrogen and oxygen atoms in total. The van der Waals surface area contributed by atoms with Crippen molar-refractivity contribution in [2.24, 2.45) is 0 Å². The SMILES string of the molecule is CCOc1ccc(C(=O)COC(=O)CCc2ncc(-c3ccc(F)cc3)o2)cc1. The molecule has 0 amide bonds. The van der Waals surface area contributed by atoms with E-state index in [1.807, 2.05) is 6.92 Å². The van der Waals surface area contributed by atoms with Crippen LogP contribution in [0.2, 0.25) is 0 Å². The fraction of sp³-hybridized carbons (Fsp3) is 0.227. The van der Waals surface area contributed by atoms with E-state index in [2.05, 4.69) is 4.98 Å². The summed E-state index contributed by atoms with van der Waals surface area (Å²) in [6.45, 7) is 2.08. The van der Waals surface area contributed by atoms with Gasteiger partial charge in [0.1, 0.15) is 11.6 Å². The summed E-state index contributed by atoms with van der Waals surface area (Å²) < 4.78 is 28.9. The quantitative estimate of drug-likeness (QED) is 0.397. The number of nitrogens with zero attached hydrogens (tertiary/aromatic N) is 1. The molecule has 0 fully saturated rings. The minimum absolute atomic E-state index is 0.0277. The smallest absolute Gasteiger partial charge is 0.306 e. The van der Waals surface area contributed by atoms with Crippen LogP contribution in [0.4, 0.5) is 4.39 Å². The number of aryl methyl sites for hydroxylation is 1. The zero-order valence-electron chi connectivity index (χ0n) is 15.9. The first-order valence-corrected chi connectivity index (χ1v) is 9.17. The van der Waals surface area contributed by atoms with E-state index in [1.54, 1.807) is 36.4 Å². The molecular formula is C22H20FNO5. The number of rotatable bonds is 9. The van der Waals surface area contributed by atoms with Crippen molar-refractivity contribution in [3.8, 4) is 17.1 Å². The fourth-order valence-corrected chi connectivity index (χ4v) is 2.59. The molecule has 0 unspecified atom stereocenters. The maximum absolute atomic E-state index is 13.0. The lowest BCUT2D eigenvalue weighted by molar-refractivity contribution is -0.142. The fourth-order valence-electron chi connectivity index (χ4n) is 2.59. The lowest BCUT2D eigenvalue weighted by Gasteiger charge is -2.05. The van der Waals surface area contributed by atoms with Crippen molar-refractivity contribution >= 4 is 11.8 Å². The van der Waals surface area contributed by atoms with E-state index in [9.17, 15) is 14.0 Å². The van der Waals surface area contributed by atoms with E-state index in [0.717, 1.165) is 0 Å². The molecule has 29 heavy (non-hydrogen) atoms. The van der Waals surface area contributed by atoms with Gasteiger partial charge in [-0.3, -0.25) is 9.59 Å². The molecule has 3 rings (SSSR count). The molecular weight excluding hydrogens is 377 g/mol. The topological polar surface area (TPSA) is 78.6 Å². The minimum atomic E-state index is -0.522. The number of ether oxygens (including phenoxy) is 2. The Bertz CT molecular complexity index is 964. The summed E-state index contributed by atoms with van der Waals surface area (Å²) in [7, 11) is 0. The van der Waals surface area contributed by atoms with Gasteiger partial charge in [-0.15, -0.1) is 0 Å². The van der Waals surface area contributed by atoms with Gasteiger partial charge in [0.05, 0.1) is 19.2 Å². The average Bonchev–Trinajstić information content (AvgIpc) is 3.21. The van der Waals surface area contributed by atoms with Crippen LogP contribution in [-0.4, -0.2) is 30.0 Å². The van der Waals surface area contributed by atoms with Gasteiger partial charge >= 0.3 is 5.97 Å². The summed E-state index contributed by atoms with van der Waals surface area (Å²) in [5.74, 6) is 0.364. The Morgan fingerprint density at radius 3 is 2.48 bits per heavy atom.